The first-order valence-corrected chi connectivity index (χ1v) is 6.95. The lowest BCUT2D eigenvalue weighted by atomic mass is 10.0. The molecule has 1 aromatic carbocycles. The zero-order chi connectivity index (χ0) is 13.0. The lowest BCUT2D eigenvalue weighted by Gasteiger charge is -2.17. The van der Waals surface area contributed by atoms with Crippen molar-refractivity contribution in [2.75, 3.05) is 24.2 Å². The van der Waals surface area contributed by atoms with E-state index in [0.29, 0.717) is 17.7 Å². The highest BCUT2D eigenvalue weighted by Gasteiger charge is 2.40. The Balaban J connectivity index is 1.95. The van der Waals surface area contributed by atoms with Crippen LogP contribution in [-0.4, -0.2) is 13.2 Å². The number of nitrogen functional groups attached to an aromatic ring is 1. The summed E-state index contributed by atoms with van der Waals surface area (Å²) in [4.78, 5) is 0. The summed E-state index contributed by atoms with van der Waals surface area (Å²) < 4.78 is 5.51. The Hall–Kier alpha value is -1.38. The van der Waals surface area contributed by atoms with Crippen molar-refractivity contribution in [3.8, 4) is 5.75 Å². The maximum absolute atomic E-state index is 5.86. The third-order valence-corrected chi connectivity index (χ3v) is 3.72. The molecule has 0 radical (unpaired) electrons. The van der Waals surface area contributed by atoms with Gasteiger partial charge in [-0.3, -0.25) is 0 Å². The minimum atomic E-state index is 0.557. The molecule has 2 rings (SSSR count). The molecular formula is C15H24N2O. The Morgan fingerprint density at radius 1 is 1.33 bits per heavy atom. The molecule has 0 spiro atoms. The van der Waals surface area contributed by atoms with E-state index in [1.165, 1.54) is 25.7 Å². The van der Waals surface area contributed by atoms with E-state index in [1.807, 2.05) is 25.1 Å². The SMILES string of the molecule is CCCC1(CNc2ccc(N)c(OCC)c2)CC1. The summed E-state index contributed by atoms with van der Waals surface area (Å²) in [5, 5.41) is 3.52. The Bertz CT molecular complexity index is 399. The molecule has 18 heavy (non-hydrogen) atoms. The van der Waals surface area contributed by atoms with Crippen LogP contribution in [0.25, 0.3) is 0 Å². The first-order valence-electron chi connectivity index (χ1n) is 6.95. The molecule has 3 N–H and O–H groups in total. The summed E-state index contributed by atoms with van der Waals surface area (Å²) in [7, 11) is 0. The maximum atomic E-state index is 5.86. The van der Waals surface area contributed by atoms with E-state index in [2.05, 4.69) is 12.2 Å². The average molecular weight is 248 g/mol. The molecule has 0 heterocycles. The second kappa shape index (κ2) is 5.51. The summed E-state index contributed by atoms with van der Waals surface area (Å²) in [6.45, 7) is 5.94. The first kappa shape index (κ1) is 13.1. The van der Waals surface area contributed by atoms with Crippen molar-refractivity contribution in [1.82, 2.24) is 0 Å². The molecule has 0 aromatic heterocycles. The van der Waals surface area contributed by atoms with Crippen molar-refractivity contribution in [2.24, 2.45) is 5.41 Å². The van der Waals surface area contributed by atoms with Crippen molar-refractivity contribution < 1.29 is 4.74 Å². The van der Waals surface area contributed by atoms with Gasteiger partial charge >= 0.3 is 0 Å². The van der Waals surface area contributed by atoms with Crippen LogP contribution in [0.1, 0.15) is 39.5 Å². The van der Waals surface area contributed by atoms with E-state index in [-0.39, 0.29) is 0 Å². The van der Waals surface area contributed by atoms with Gasteiger partial charge in [0.1, 0.15) is 5.75 Å². The minimum Gasteiger partial charge on any atom is -0.492 e. The molecule has 0 amide bonds. The quantitative estimate of drug-likeness (QED) is 0.724. The van der Waals surface area contributed by atoms with Gasteiger partial charge in [-0.05, 0) is 43.7 Å². The van der Waals surface area contributed by atoms with Gasteiger partial charge in [-0.2, -0.15) is 0 Å². The Labute approximate surface area is 110 Å². The van der Waals surface area contributed by atoms with Gasteiger partial charge in [-0.15, -0.1) is 0 Å². The van der Waals surface area contributed by atoms with Gasteiger partial charge in [0.05, 0.1) is 12.3 Å². The molecule has 0 unspecified atom stereocenters. The molecule has 0 saturated heterocycles. The zero-order valence-electron chi connectivity index (χ0n) is 11.5. The predicted octanol–water partition coefficient (Wildman–Crippen LogP) is 3.66. The highest BCUT2D eigenvalue weighted by Crippen LogP contribution is 2.49. The van der Waals surface area contributed by atoms with Crippen LogP contribution in [0.3, 0.4) is 0 Å². The number of benzene rings is 1. The lowest BCUT2D eigenvalue weighted by molar-refractivity contribution is 0.342. The Kier molecular flexibility index (Phi) is 4.00. The summed E-state index contributed by atoms with van der Waals surface area (Å²) in [5.41, 5.74) is 8.23. The number of hydrogen-bond donors (Lipinski definition) is 2. The normalized spacial score (nSPS) is 16.3. The highest BCUT2D eigenvalue weighted by molar-refractivity contribution is 5.61. The van der Waals surface area contributed by atoms with Crippen molar-refractivity contribution in [2.45, 2.75) is 39.5 Å². The van der Waals surface area contributed by atoms with Crippen molar-refractivity contribution in [1.29, 1.82) is 0 Å². The van der Waals surface area contributed by atoms with Gasteiger partial charge in [0.2, 0.25) is 0 Å². The molecule has 0 aliphatic heterocycles. The fraction of sp³-hybridized carbons (Fsp3) is 0.600. The molecule has 3 heteroatoms. The summed E-state index contributed by atoms with van der Waals surface area (Å²) >= 11 is 0. The molecule has 1 aliphatic rings. The van der Waals surface area contributed by atoms with E-state index < -0.39 is 0 Å². The van der Waals surface area contributed by atoms with E-state index in [4.69, 9.17) is 10.5 Å². The molecule has 0 bridgehead atoms. The van der Waals surface area contributed by atoms with Crippen molar-refractivity contribution >= 4 is 11.4 Å². The van der Waals surface area contributed by atoms with Crippen LogP contribution in [0.2, 0.25) is 0 Å². The molecule has 1 aromatic rings. The second-order valence-corrected chi connectivity index (χ2v) is 5.29. The molecule has 1 aliphatic carbocycles. The van der Waals surface area contributed by atoms with Crippen LogP contribution >= 0.6 is 0 Å². The fourth-order valence-electron chi connectivity index (χ4n) is 2.44. The monoisotopic (exact) mass is 248 g/mol. The Morgan fingerprint density at radius 2 is 2.11 bits per heavy atom. The molecule has 3 nitrogen and oxygen atoms in total. The van der Waals surface area contributed by atoms with E-state index in [0.717, 1.165) is 18.0 Å². The van der Waals surface area contributed by atoms with E-state index in [9.17, 15) is 0 Å². The smallest absolute Gasteiger partial charge is 0.144 e. The van der Waals surface area contributed by atoms with Crippen LogP contribution in [0.4, 0.5) is 11.4 Å². The third kappa shape index (κ3) is 3.09. The minimum absolute atomic E-state index is 0.557. The number of ether oxygens (including phenoxy) is 1. The second-order valence-electron chi connectivity index (χ2n) is 5.29. The highest BCUT2D eigenvalue weighted by atomic mass is 16.5. The van der Waals surface area contributed by atoms with Gasteiger partial charge in [0.25, 0.3) is 0 Å². The fourth-order valence-corrected chi connectivity index (χ4v) is 2.44. The number of nitrogens with one attached hydrogen (secondary N) is 1. The molecule has 1 saturated carbocycles. The summed E-state index contributed by atoms with van der Waals surface area (Å²) in [5.74, 6) is 0.780. The summed E-state index contributed by atoms with van der Waals surface area (Å²) in [6, 6.07) is 5.94. The molecule has 100 valence electrons. The average Bonchev–Trinajstić information content (AvgIpc) is 3.11. The van der Waals surface area contributed by atoms with Crippen LogP contribution in [0, 0.1) is 5.41 Å². The largest absolute Gasteiger partial charge is 0.492 e. The van der Waals surface area contributed by atoms with Gasteiger partial charge in [-0.1, -0.05) is 13.3 Å². The zero-order valence-corrected chi connectivity index (χ0v) is 11.5. The summed E-state index contributed by atoms with van der Waals surface area (Å²) in [6.07, 6.45) is 5.32. The standard InChI is InChI=1S/C15H24N2O/c1-3-7-15(8-9-15)11-17-12-5-6-13(16)14(10-12)18-4-2/h5-6,10,17H,3-4,7-9,11,16H2,1-2H3. The molecule has 0 atom stereocenters. The van der Waals surface area contributed by atoms with Crippen molar-refractivity contribution in [3.63, 3.8) is 0 Å². The van der Waals surface area contributed by atoms with Crippen LogP contribution in [-0.2, 0) is 0 Å². The number of rotatable bonds is 7. The topological polar surface area (TPSA) is 47.3 Å². The van der Waals surface area contributed by atoms with Crippen LogP contribution in [0.5, 0.6) is 5.75 Å². The van der Waals surface area contributed by atoms with Gasteiger partial charge < -0.3 is 15.8 Å². The Morgan fingerprint density at radius 3 is 2.72 bits per heavy atom. The first-order chi connectivity index (χ1) is 8.69. The van der Waals surface area contributed by atoms with Crippen LogP contribution in [0.15, 0.2) is 18.2 Å². The third-order valence-electron chi connectivity index (χ3n) is 3.72. The number of nitrogens with two attached hydrogens (primary N) is 1. The number of anilines is 2. The number of hydrogen-bond acceptors (Lipinski definition) is 3. The maximum Gasteiger partial charge on any atom is 0.144 e. The lowest BCUT2D eigenvalue weighted by Crippen LogP contribution is -2.15. The molecular weight excluding hydrogens is 224 g/mol. The van der Waals surface area contributed by atoms with Gasteiger partial charge in [0.15, 0.2) is 0 Å². The van der Waals surface area contributed by atoms with Crippen LogP contribution < -0.4 is 15.8 Å². The predicted molar refractivity (Wildman–Crippen MR) is 77.1 cm³/mol. The van der Waals surface area contributed by atoms with Gasteiger partial charge in [-0.25, -0.2) is 0 Å². The molecule has 1 fully saturated rings. The van der Waals surface area contributed by atoms with E-state index in [1.54, 1.807) is 0 Å². The van der Waals surface area contributed by atoms with E-state index >= 15 is 0 Å². The van der Waals surface area contributed by atoms with Crippen molar-refractivity contribution in [3.05, 3.63) is 18.2 Å². The van der Waals surface area contributed by atoms with Gasteiger partial charge in [0, 0.05) is 18.3 Å².